The van der Waals surface area contributed by atoms with Gasteiger partial charge in [0.2, 0.25) is 11.8 Å². The average molecular weight is 482 g/mol. The number of benzene rings is 2. The molecule has 2 aliphatic rings. The number of ether oxygens (including phenoxy) is 1. The van der Waals surface area contributed by atoms with Crippen LogP contribution >= 0.6 is 0 Å². The van der Waals surface area contributed by atoms with Crippen LogP contribution in [0.4, 0.5) is 10.1 Å². The number of methoxy groups -OCH3 is 1. The van der Waals surface area contributed by atoms with Gasteiger partial charge in [-0.2, -0.15) is 0 Å². The molecule has 0 radical (unpaired) electrons. The number of likely N-dealkylation sites (tertiary alicyclic amines) is 1. The van der Waals surface area contributed by atoms with Crippen LogP contribution < -0.4 is 15.0 Å². The van der Waals surface area contributed by atoms with Gasteiger partial charge in [-0.3, -0.25) is 9.59 Å². The highest BCUT2D eigenvalue weighted by molar-refractivity contribution is 5.97. The maximum atomic E-state index is 13.7. The number of piperidine rings is 1. The molecule has 2 fully saturated rings. The van der Waals surface area contributed by atoms with Gasteiger partial charge in [0, 0.05) is 18.7 Å². The Balaban J connectivity index is 1.49. The Kier molecular flexibility index (Phi) is 8.74. The molecule has 2 saturated heterocycles. The highest BCUT2D eigenvalue weighted by atomic mass is 19.1. The summed E-state index contributed by atoms with van der Waals surface area (Å²) in [6.07, 6.45) is 6.78. The second-order valence-electron chi connectivity index (χ2n) is 9.50. The fourth-order valence-corrected chi connectivity index (χ4v) is 5.26. The van der Waals surface area contributed by atoms with Crippen molar-refractivity contribution in [2.75, 3.05) is 38.2 Å². The predicted molar refractivity (Wildman–Crippen MR) is 135 cm³/mol. The summed E-state index contributed by atoms with van der Waals surface area (Å²) >= 11 is 0. The van der Waals surface area contributed by atoms with Crippen molar-refractivity contribution in [1.29, 1.82) is 0 Å². The maximum Gasteiger partial charge on any atom is 0.227 e. The molecule has 2 aliphatic heterocycles. The monoisotopic (exact) mass is 481 g/mol. The topological polar surface area (TPSA) is 61.9 Å². The van der Waals surface area contributed by atoms with Crippen molar-refractivity contribution in [3.63, 3.8) is 0 Å². The molecule has 188 valence electrons. The number of carbonyl (C=O) groups excluding carboxylic acids is 2. The summed E-state index contributed by atoms with van der Waals surface area (Å²) in [5.41, 5.74) is 1.45. The third-order valence-electron chi connectivity index (χ3n) is 7.15. The van der Waals surface area contributed by atoms with Crippen molar-refractivity contribution in [2.45, 2.75) is 51.0 Å². The Hall–Kier alpha value is -2.93. The summed E-state index contributed by atoms with van der Waals surface area (Å²) in [4.78, 5) is 30.7. The average Bonchev–Trinajstić information content (AvgIpc) is 3.16. The lowest BCUT2D eigenvalue weighted by molar-refractivity contribution is -0.129. The van der Waals surface area contributed by atoms with Crippen LogP contribution in [0.15, 0.2) is 48.5 Å². The Morgan fingerprint density at radius 1 is 1.03 bits per heavy atom. The summed E-state index contributed by atoms with van der Waals surface area (Å²) in [5, 5.41) is 3.13. The van der Waals surface area contributed by atoms with Gasteiger partial charge in [0.25, 0.3) is 0 Å². The van der Waals surface area contributed by atoms with E-state index in [4.69, 9.17) is 4.74 Å². The van der Waals surface area contributed by atoms with E-state index >= 15 is 0 Å². The normalized spacial score (nSPS) is 21.4. The molecule has 2 heterocycles. The molecule has 0 spiro atoms. The van der Waals surface area contributed by atoms with Crippen molar-refractivity contribution in [3.05, 3.63) is 59.9 Å². The van der Waals surface area contributed by atoms with E-state index in [1.54, 1.807) is 36.3 Å². The van der Waals surface area contributed by atoms with Crippen molar-refractivity contribution >= 4 is 17.5 Å². The molecule has 4 rings (SSSR count). The number of amides is 2. The molecule has 6 nitrogen and oxygen atoms in total. The molecule has 1 N–H and O–H groups in total. The number of hydrogen-bond acceptors (Lipinski definition) is 4. The zero-order valence-electron chi connectivity index (χ0n) is 20.5. The molecule has 2 atom stereocenters. The van der Waals surface area contributed by atoms with E-state index in [1.165, 1.54) is 37.8 Å². The highest BCUT2D eigenvalue weighted by Gasteiger charge is 2.41. The predicted octanol–water partition coefficient (Wildman–Crippen LogP) is 4.70. The zero-order chi connectivity index (χ0) is 24.6. The summed E-state index contributed by atoms with van der Waals surface area (Å²) in [6.45, 7) is 3.88. The standard InChI is InChI=1S/C28H36FN3O3/c1-35-24-13-11-23(12-14-24)32-26(33)16-15-25(27(32)21-7-9-22(29)10-8-21)28(34)30-17-6-20-31-18-4-2-3-5-19-31/h7-14,25,27H,2-6,15-20H2,1H3,(H,30,34)/t25-,27+/m0/s1. The molecule has 2 amide bonds. The molecule has 2 aromatic rings. The smallest absolute Gasteiger partial charge is 0.227 e. The van der Waals surface area contributed by atoms with E-state index in [9.17, 15) is 14.0 Å². The lowest BCUT2D eigenvalue weighted by Crippen LogP contribution is -2.48. The maximum absolute atomic E-state index is 13.7. The van der Waals surface area contributed by atoms with E-state index in [1.807, 2.05) is 12.1 Å². The van der Waals surface area contributed by atoms with Crippen LogP contribution in [0, 0.1) is 11.7 Å². The Bertz CT molecular complexity index is 972. The SMILES string of the molecule is COc1ccc(N2C(=O)CC[C@H](C(=O)NCCCN3CCCCCC3)[C@H]2c2ccc(F)cc2)cc1. The summed E-state index contributed by atoms with van der Waals surface area (Å²) < 4.78 is 19.0. The van der Waals surface area contributed by atoms with Gasteiger partial charge in [-0.1, -0.05) is 25.0 Å². The molecule has 0 unspecified atom stereocenters. The van der Waals surface area contributed by atoms with E-state index in [2.05, 4.69) is 10.2 Å². The van der Waals surface area contributed by atoms with Crippen LogP contribution in [0.2, 0.25) is 0 Å². The minimum Gasteiger partial charge on any atom is -0.497 e. The van der Waals surface area contributed by atoms with Gasteiger partial charge in [0.05, 0.1) is 19.1 Å². The molecule has 0 aliphatic carbocycles. The molecule has 0 aromatic heterocycles. The summed E-state index contributed by atoms with van der Waals surface area (Å²) in [7, 11) is 1.59. The van der Waals surface area contributed by atoms with E-state index < -0.39 is 12.0 Å². The fraction of sp³-hybridized carbons (Fsp3) is 0.500. The van der Waals surface area contributed by atoms with Crippen LogP contribution in [0.5, 0.6) is 5.75 Å². The minimum absolute atomic E-state index is 0.0466. The lowest BCUT2D eigenvalue weighted by Gasteiger charge is -2.41. The number of halogens is 1. The van der Waals surface area contributed by atoms with Crippen molar-refractivity contribution in [3.8, 4) is 5.75 Å². The van der Waals surface area contributed by atoms with Gasteiger partial charge in [-0.25, -0.2) is 4.39 Å². The van der Waals surface area contributed by atoms with Gasteiger partial charge in [-0.05, 0) is 87.3 Å². The van der Waals surface area contributed by atoms with Gasteiger partial charge in [0.15, 0.2) is 0 Å². The first kappa shape index (κ1) is 25.2. The molecule has 2 aromatic carbocycles. The zero-order valence-corrected chi connectivity index (χ0v) is 20.5. The number of anilines is 1. The second kappa shape index (κ2) is 12.2. The summed E-state index contributed by atoms with van der Waals surface area (Å²) in [6, 6.07) is 12.9. The van der Waals surface area contributed by atoms with Crippen LogP contribution in [0.1, 0.15) is 56.6 Å². The van der Waals surface area contributed by atoms with Crippen molar-refractivity contribution in [2.24, 2.45) is 5.92 Å². The Morgan fingerprint density at radius 2 is 1.71 bits per heavy atom. The van der Waals surface area contributed by atoms with Gasteiger partial charge >= 0.3 is 0 Å². The fourth-order valence-electron chi connectivity index (χ4n) is 5.26. The Morgan fingerprint density at radius 3 is 2.37 bits per heavy atom. The number of rotatable bonds is 8. The number of carbonyl (C=O) groups is 2. The first-order valence-corrected chi connectivity index (χ1v) is 12.8. The van der Waals surface area contributed by atoms with Crippen LogP contribution in [0.25, 0.3) is 0 Å². The molecule has 7 heteroatoms. The minimum atomic E-state index is -0.504. The first-order chi connectivity index (χ1) is 17.1. The quantitative estimate of drug-likeness (QED) is 0.555. The van der Waals surface area contributed by atoms with E-state index in [0.29, 0.717) is 24.4 Å². The second-order valence-corrected chi connectivity index (χ2v) is 9.50. The Labute approximate surface area is 207 Å². The third kappa shape index (κ3) is 6.40. The lowest BCUT2D eigenvalue weighted by atomic mass is 9.83. The van der Waals surface area contributed by atoms with Gasteiger partial charge < -0.3 is 19.9 Å². The van der Waals surface area contributed by atoms with E-state index in [-0.39, 0.29) is 24.1 Å². The first-order valence-electron chi connectivity index (χ1n) is 12.8. The third-order valence-corrected chi connectivity index (χ3v) is 7.15. The molecular weight excluding hydrogens is 445 g/mol. The van der Waals surface area contributed by atoms with Crippen molar-refractivity contribution < 1.29 is 18.7 Å². The number of hydrogen-bond donors (Lipinski definition) is 1. The molecule has 0 bridgehead atoms. The van der Waals surface area contributed by atoms with Gasteiger partial charge in [0.1, 0.15) is 11.6 Å². The van der Waals surface area contributed by atoms with Crippen LogP contribution in [-0.4, -0.2) is 50.0 Å². The van der Waals surface area contributed by atoms with Crippen molar-refractivity contribution in [1.82, 2.24) is 10.2 Å². The largest absolute Gasteiger partial charge is 0.497 e. The molecular formula is C28H36FN3O3. The number of nitrogens with one attached hydrogen (secondary N) is 1. The number of nitrogens with zero attached hydrogens (tertiary/aromatic N) is 2. The summed E-state index contributed by atoms with van der Waals surface area (Å²) in [5.74, 6) is -0.175. The molecule has 35 heavy (non-hydrogen) atoms. The van der Waals surface area contributed by atoms with Crippen LogP contribution in [-0.2, 0) is 9.59 Å². The molecule has 0 saturated carbocycles. The highest BCUT2D eigenvalue weighted by Crippen LogP contribution is 2.40. The van der Waals surface area contributed by atoms with Gasteiger partial charge in [-0.15, -0.1) is 0 Å². The van der Waals surface area contributed by atoms with E-state index in [0.717, 1.165) is 31.6 Å². The van der Waals surface area contributed by atoms with Crippen LogP contribution in [0.3, 0.4) is 0 Å².